The van der Waals surface area contributed by atoms with E-state index >= 15 is 0 Å². The van der Waals surface area contributed by atoms with E-state index in [1.54, 1.807) is 11.3 Å². The second kappa shape index (κ2) is 6.66. The normalized spacial score (nSPS) is 14.4. The number of hydrogen-bond acceptors (Lipinski definition) is 4. The molecular formula is C12H19NO2S. The van der Waals surface area contributed by atoms with Crippen molar-refractivity contribution in [3.8, 4) is 0 Å². The Balaban J connectivity index is 2.61. The number of nitrogens with one attached hydrogen (secondary N) is 1. The van der Waals surface area contributed by atoms with Crippen molar-refractivity contribution in [2.75, 3.05) is 7.11 Å². The number of thiophene rings is 1. The Morgan fingerprint density at radius 3 is 2.88 bits per heavy atom. The van der Waals surface area contributed by atoms with Gasteiger partial charge in [-0.15, -0.1) is 11.3 Å². The molecule has 90 valence electrons. The molecule has 4 heteroatoms. The Morgan fingerprint density at radius 1 is 1.62 bits per heavy atom. The summed E-state index contributed by atoms with van der Waals surface area (Å²) in [5.41, 5.74) is 0. The van der Waals surface area contributed by atoms with Gasteiger partial charge in [0.05, 0.1) is 7.11 Å². The largest absolute Gasteiger partial charge is 0.468 e. The quantitative estimate of drug-likeness (QED) is 0.778. The van der Waals surface area contributed by atoms with Gasteiger partial charge in [-0.3, -0.25) is 10.1 Å². The summed E-state index contributed by atoms with van der Waals surface area (Å²) in [5, 5.41) is 5.36. The highest BCUT2D eigenvalue weighted by molar-refractivity contribution is 7.10. The number of ether oxygens (including phenoxy) is 1. The van der Waals surface area contributed by atoms with Crippen LogP contribution in [0.3, 0.4) is 0 Å². The predicted octanol–water partition coefficient (Wildman–Crippen LogP) is 2.74. The van der Waals surface area contributed by atoms with Crippen LogP contribution in [0, 0.1) is 0 Å². The van der Waals surface area contributed by atoms with E-state index in [-0.39, 0.29) is 18.1 Å². The van der Waals surface area contributed by atoms with Crippen molar-refractivity contribution < 1.29 is 9.53 Å². The van der Waals surface area contributed by atoms with Gasteiger partial charge in [-0.25, -0.2) is 0 Å². The van der Waals surface area contributed by atoms with E-state index in [0.29, 0.717) is 0 Å². The fourth-order valence-corrected chi connectivity index (χ4v) is 2.45. The molecule has 0 saturated carbocycles. The van der Waals surface area contributed by atoms with Gasteiger partial charge in [-0.1, -0.05) is 19.4 Å². The van der Waals surface area contributed by atoms with Crippen LogP contribution >= 0.6 is 11.3 Å². The van der Waals surface area contributed by atoms with Gasteiger partial charge in [0.1, 0.15) is 6.04 Å². The first-order valence-corrected chi connectivity index (χ1v) is 6.44. The molecule has 1 rings (SSSR count). The van der Waals surface area contributed by atoms with Crippen LogP contribution in [0.15, 0.2) is 17.5 Å². The molecule has 0 aliphatic heterocycles. The molecule has 2 atom stereocenters. The number of esters is 1. The highest BCUT2D eigenvalue weighted by Gasteiger charge is 2.19. The van der Waals surface area contributed by atoms with Gasteiger partial charge in [0.2, 0.25) is 0 Å². The summed E-state index contributed by atoms with van der Waals surface area (Å²) < 4.78 is 4.71. The third-order valence-corrected chi connectivity index (χ3v) is 3.46. The lowest BCUT2D eigenvalue weighted by molar-refractivity contribution is -0.142. The maximum atomic E-state index is 11.3. The molecule has 0 spiro atoms. The summed E-state index contributed by atoms with van der Waals surface area (Å²) in [6, 6.07) is 4.12. The summed E-state index contributed by atoms with van der Waals surface area (Å²) in [6.07, 6.45) is 2.12. The fraction of sp³-hybridized carbons (Fsp3) is 0.583. The molecule has 3 nitrogen and oxygen atoms in total. The molecule has 2 unspecified atom stereocenters. The Morgan fingerprint density at radius 2 is 2.38 bits per heavy atom. The molecule has 1 aromatic rings. The van der Waals surface area contributed by atoms with E-state index in [0.717, 1.165) is 12.8 Å². The van der Waals surface area contributed by atoms with Gasteiger partial charge in [0.15, 0.2) is 0 Å². The molecule has 1 aromatic heterocycles. The maximum absolute atomic E-state index is 11.3. The molecule has 1 heterocycles. The van der Waals surface area contributed by atoms with Crippen molar-refractivity contribution in [1.82, 2.24) is 5.32 Å². The maximum Gasteiger partial charge on any atom is 0.322 e. The second-order valence-corrected chi connectivity index (χ2v) is 4.75. The van der Waals surface area contributed by atoms with E-state index in [1.807, 2.05) is 13.0 Å². The summed E-state index contributed by atoms with van der Waals surface area (Å²) in [7, 11) is 1.42. The van der Waals surface area contributed by atoms with E-state index in [4.69, 9.17) is 4.74 Å². The number of rotatable bonds is 6. The fourth-order valence-electron chi connectivity index (χ4n) is 1.63. The number of methoxy groups -OCH3 is 1. The van der Waals surface area contributed by atoms with Crippen LogP contribution in [0.4, 0.5) is 0 Å². The molecule has 0 bridgehead atoms. The second-order valence-electron chi connectivity index (χ2n) is 3.77. The third-order valence-electron chi connectivity index (χ3n) is 2.47. The average Bonchev–Trinajstić information content (AvgIpc) is 2.80. The first-order valence-electron chi connectivity index (χ1n) is 5.56. The van der Waals surface area contributed by atoms with Gasteiger partial charge in [-0.2, -0.15) is 0 Å². The van der Waals surface area contributed by atoms with Crippen molar-refractivity contribution in [3.63, 3.8) is 0 Å². The molecule has 0 fully saturated rings. The number of hydrogen-bond donors (Lipinski definition) is 1. The average molecular weight is 241 g/mol. The van der Waals surface area contributed by atoms with Gasteiger partial charge >= 0.3 is 5.97 Å². The summed E-state index contributed by atoms with van der Waals surface area (Å²) in [5.74, 6) is -0.211. The minimum atomic E-state index is -0.261. The minimum Gasteiger partial charge on any atom is -0.468 e. The lowest BCUT2D eigenvalue weighted by atomic mass is 10.1. The zero-order valence-corrected chi connectivity index (χ0v) is 10.8. The predicted molar refractivity (Wildman–Crippen MR) is 66.6 cm³/mol. The summed E-state index contributed by atoms with van der Waals surface area (Å²) >= 11 is 1.72. The van der Waals surface area contributed by atoms with Crippen LogP contribution in [-0.4, -0.2) is 19.1 Å². The van der Waals surface area contributed by atoms with Crippen LogP contribution in [0.2, 0.25) is 0 Å². The lowest BCUT2D eigenvalue weighted by Crippen LogP contribution is -2.37. The molecule has 1 N–H and O–H groups in total. The summed E-state index contributed by atoms with van der Waals surface area (Å²) in [6.45, 7) is 3.98. The van der Waals surface area contributed by atoms with Gasteiger partial charge in [0.25, 0.3) is 0 Å². The van der Waals surface area contributed by atoms with Gasteiger partial charge in [0, 0.05) is 10.9 Å². The van der Waals surface area contributed by atoms with Crippen molar-refractivity contribution in [3.05, 3.63) is 22.4 Å². The molecule has 0 aliphatic carbocycles. The molecule has 0 radical (unpaired) electrons. The standard InChI is InChI=1S/C12H19NO2S/c1-4-6-10(11-7-5-8-16-11)13-9(2)12(14)15-3/h5,7-10,13H,4,6H2,1-3H3. The zero-order valence-electron chi connectivity index (χ0n) is 10.0. The molecule has 0 aromatic carbocycles. The Kier molecular flexibility index (Phi) is 5.49. The topological polar surface area (TPSA) is 38.3 Å². The molecule has 0 amide bonds. The highest BCUT2D eigenvalue weighted by atomic mass is 32.1. The first-order chi connectivity index (χ1) is 7.69. The van der Waals surface area contributed by atoms with Gasteiger partial charge < -0.3 is 4.74 Å². The SMILES string of the molecule is CCCC(NC(C)C(=O)OC)c1cccs1. The molecular weight excluding hydrogens is 222 g/mol. The van der Waals surface area contributed by atoms with Crippen LogP contribution in [0.25, 0.3) is 0 Å². The summed E-state index contributed by atoms with van der Waals surface area (Å²) in [4.78, 5) is 12.6. The highest BCUT2D eigenvalue weighted by Crippen LogP contribution is 2.23. The van der Waals surface area contributed by atoms with E-state index in [9.17, 15) is 4.79 Å². The molecule has 0 saturated heterocycles. The monoisotopic (exact) mass is 241 g/mol. The van der Waals surface area contributed by atoms with E-state index in [1.165, 1.54) is 12.0 Å². The first kappa shape index (κ1) is 13.2. The molecule has 16 heavy (non-hydrogen) atoms. The van der Waals surface area contributed by atoms with Crippen molar-refractivity contribution in [1.29, 1.82) is 0 Å². The number of carbonyl (C=O) groups excluding carboxylic acids is 1. The van der Waals surface area contributed by atoms with Crippen LogP contribution in [-0.2, 0) is 9.53 Å². The van der Waals surface area contributed by atoms with Crippen LogP contribution in [0.5, 0.6) is 0 Å². The Hall–Kier alpha value is -0.870. The minimum absolute atomic E-state index is 0.211. The van der Waals surface area contributed by atoms with Crippen molar-refractivity contribution in [2.45, 2.75) is 38.8 Å². The van der Waals surface area contributed by atoms with Gasteiger partial charge in [-0.05, 0) is 24.8 Å². The lowest BCUT2D eigenvalue weighted by Gasteiger charge is -2.20. The smallest absolute Gasteiger partial charge is 0.322 e. The van der Waals surface area contributed by atoms with Crippen LogP contribution < -0.4 is 5.32 Å². The van der Waals surface area contributed by atoms with E-state index < -0.39 is 0 Å². The molecule has 0 aliphatic rings. The Labute approximate surface area is 101 Å². The van der Waals surface area contributed by atoms with Crippen LogP contribution in [0.1, 0.15) is 37.6 Å². The van der Waals surface area contributed by atoms with Crippen molar-refractivity contribution >= 4 is 17.3 Å². The zero-order chi connectivity index (χ0) is 12.0. The third kappa shape index (κ3) is 3.61. The van der Waals surface area contributed by atoms with Crippen molar-refractivity contribution in [2.24, 2.45) is 0 Å². The Bertz CT molecular complexity index is 311. The number of carbonyl (C=O) groups is 1. The van der Waals surface area contributed by atoms with E-state index in [2.05, 4.69) is 23.7 Å².